The number of aliphatic hydroxyl groups is 1. The van der Waals surface area contributed by atoms with Gasteiger partial charge in [-0.25, -0.2) is 0 Å². The van der Waals surface area contributed by atoms with Crippen molar-refractivity contribution in [1.29, 1.82) is 0 Å². The van der Waals surface area contributed by atoms with Crippen molar-refractivity contribution in [2.45, 2.75) is 45.0 Å². The number of hydrogen-bond donors (Lipinski definition) is 3. The molecule has 1 aromatic carbocycles. The molecule has 0 aliphatic heterocycles. The van der Waals surface area contributed by atoms with Crippen LogP contribution < -0.4 is 10.9 Å². The van der Waals surface area contributed by atoms with Crippen LogP contribution >= 0.6 is 0 Å². The zero-order valence-corrected chi connectivity index (χ0v) is 14.9. The van der Waals surface area contributed by atoms with E-state index in [1.807, 2.05) is 19.1 Å². The second-order valence-corrected chi connectivity index (χ2v) is 6.35. The zero-order valence-electron chi connectivity index (χ0n) is 14.9. The van der Waals surface area contributed by atoms with E-state index in [1.54, 1.807) is 24.0 Å². The highest BCUT2D eigenvalue weighted by molar-refractivity contribution is 5.94. The van der Waals surface area contributed by atoms with E-state index < -0.39 is 41.0 Å². The third kappa shape index (κ3) is 5.43. The van der Waals surface area contributed by atoms with Crippen LogP contribution in [-0.4, -0.2) is 22.1 Å². The standard InChI is InChI=1S/C19H21F3N2O3/c1-3-13(25)10-15(12-6-4-11(2)5-7-12)23-17(26)14-8-9-16(19(20,21)22)24-18(14)27/h4-9,13,15,25H,3,10H2,1-2H3,(H,23,26)(H,24,27)/t13-,15-/m1/s1. The summed E-state index contributed by atoms with van der Waals surface area (Å²) < 4.78 is 37.9. The molecule has 5 nitrogen and oxygen atoms in total. The topological polar surface area (TPSA) is 82.2 Å². The Kier molecular flexibility index (Phi) is 6.43. The lowest BCUT2D eigenvalue weighted by Gasteiger charge is -2.22. The first-order chi connectivity index (χ1) is 12.6. The number of aromatic amines is 1. The summed E-state index contributed by atoms with van der Waals surface area (Å²) in [4.78, 5) is 26.0. The van der Waals surface area contributed by atoms with E-state index in [1.165, 1.54) is 0 Å². The van der Waals surface area contributed by atoms with Crippen LogP contribution in [0.25, 0.3) is 0 Å². The number of carbonyl (C=O) groups is 1. The number of aliphatic hydroxyl groups excluding tert-OH is 1. The summed E-state index contributed by atoms with van der Waals surface area (Å²) in [7, 11) is 0. The second-order valence-electron chi connectivity index (χ2n) is 6.35. The molecule has 27 heavy (non-hydrogen) atoms. The Morgan fingerprint density at radius 1 is 1.19 bits per heavy atom. The highest BCUT2D eigenvalue weighted by Gasteiger charge is 2.32. The lowest BCUT2D eigenvalue weighted by atomic mass is 9.98. The van der Waals surface area contributed by atoms with Gasteiger partial charge in [-0.05, 0) is 37.5 Å². The van der Waals surface area contributed by atoms with Crippen molar-refractivity contribution >= 4 is 5.91 Å². The SMILES string of the molecule is CC[C@@H](O)C[C@@H](NC(=O)c1ccc(C(F)(F)F)[nH]c1=O)c1ccc(C)cc1. The number of alkyl halides is 3. The van der Waals surface area contributed by atoms with Crippen LogP contribution in [0.1, 0.15) is 53.0 Å². The van der Waals surface area contributed by atoms with Crippen molar-refractivity contribution in [1.82, 2.24) is 10.3 Å². The number of aromatic nitrogens is 1. The predicted octanol–water partition coefficient (Wildman–Crippen LogP) is 3.33. The van der Waals surface area contributed by atoms with E-state index in [9.17, 15) is 27.9 Å². The summed E-state index contributed by atoms with van der Waals surface area (Å²) in [5.41, 5.74) is -1.03. The normalized spacial score (nSPS) is 13.9. The van der Waals surface area contributed by atoms with E-state index >= 15 is 0 Å². The van der Waals surface area contributed by atoms with Gasteiger partial charge in [-0.3, -0.25) is 9.59 Å². The van der Waals surface area contributed by atoms with Gasteiger partial charge in [-0.2, -0.15) is 13.2 Å². The third-order valence-corrected chi connectivity index (χ3v) is 4.22. The lowest BCUT2D eigenvalue weighted by Crippen LogP contribution is -2.35. The summed E-state index contributed by atoms with van der Waals surface area (Å²) in [6, 6.07) is 8.18. The van der Waals surface area contributed by atoms with Gasteiger partial charge in [0.25, 0.3) is 11.5 Å². The Morgan fingerprint density at radius 3 is 2.33 bits per heavy atom. The number of pyridine rings is 1. The fourth-order valence-corrected chi connectivity index (χ4v) is 2.57. The molecule has 3 N–H and O–H groups in total. The van der Waals surface area contributed by atoms with Gasteiger partial charge in [0.1, 0.15) is 11.3 Å². The van der Waals surface area contributed by atoms with Crippen molar-refractivity contribution in [3.8, 4) is 0 Å². The number of aryl methyl sites for hydroxylation is 1. The van der Waals surface area contributed by atoms with Gasteiger partial charge in [0.15, 0.2) is 0 Å². The summed E-state index contributed by atoms with van der Waals surface area (Å²) >= 11 is 0. The molecule has 2 rings (SSSR count). The number of halogens is 3. The molecule has 0 spiro atoms. The molecule has 1 amide bonds. The first-order valence-corrected chi connectivity index (χ1v) is 8.47. The summed E-state index contributed by atoms with van der Waals surface area (Å²) in [6.45, 7) is 3.69. The Labute approximate surface area is 154 Å². The Morgan fingerprint density at radius 2 is 1.81 bits per heavy atom. The second kappa shape index (κ2) is 8.39. The molecular formula is C19H21F3N2O3. The average molecular weight is 382 g/mol. The molecule has 0 saturated heterocycles. The van der Waals surface area contributed by atoms with Crippen LogP contribution in [0.2, 0.25) is 0 Å². The number of rotatable bonds is 6. The molecular weight excluding hydrogens is 361 g/mol. The van der Waals surface area contributed by atoms with Gasteiger partial charge in [-0.15, -0.1) is 0 Å². The van der Waals surface area contributed by atoms with Gasteiger partial charge in [0, 0.05) is 0 Å². The van der Waals surface area contributed by atoms with E-state index in [2.05, 4.69) is 5.32 Å². The minimum absolute atomic E-state index is 0.212. The molecule has 0 aliphatic rings. The molecule has 0 unspecified atom stereocenters. The van der Waals surface area contributed by atoms with Crippen LogP contribution in [-0.2, 0) is 6.18 Å². The van der Waals surface area contributed by atoms with E-state index in [-0.39, 0.29) is 6.42 Å². The largest absolute Gasteiger partial charge is 0.431 e. The lowest BCUT2D eigenvalue weighted by molar-refractivity contribution is -0.141. The molecule has 2 atom stereocenters. The van der Waals surface area contributed by atoms with E-state index in [4.69, 9.17) is 0 Å². The summed E-state index contributed by atoms with van der Waals surface area (Å²) in [6.07, 6.45) is -4.70. The number of carbonyl (C=O) groups excluding carboxylic acids is 1. The molecule has 0 saturated carbocycles. The number of benzene rings is 1. The van der Waals surface area contributed by atoms with Crippen LogP contribution in [0.4, 0.5) is 13.2 Å². The smallest absolute Gasteiger partial charge is 0.393 e. The summed E-state index contributed by atoms with van der Waals surface area (Å²) in [5.74, 6) is -0.807. The first kappa shape index (κ1) is 20.7. The van der Waals surface area contributed by atoms with Crippen LogP contribution in [0.3, 0.4) is 0 Å². The number of H-pyrrole nitrogens is 1. The highest BCUT2D eigenvalue weighted by atomic mass is 19.4. The fraction of sp³-hybridized carbons (Fsp3) is 0.368. The molecule has 146 valence electrons. The Balaban J connectivity index is 2.27. The average Bonchev–Trinajstić information content (AvgIpc) is 2.60. The van der Waals surface area contributed by atoms with Gasteiger partial charge in [0.2, 0.25) is 0 Å². The Hall–Kier alpha value is -2.61. The first-order valence-electron chi connectivity index (χ1n) is 8.47. The van der Waals surface area contributed by atoms with E-state index in [0.29, 0.717) is 12.5 Å². The molecule has 0 bridgehead atoms. The molecule has 2 aromatic rings. The minimum Gasteiger partial charge on any atom is -0.393 e. The van der Waals surface area contributed by atoms with Crippen molar-refractivity contribution in [3.05, 3.63) is 69.1 Å². The number of hydrogen-bond acceptors (Lipinski definition) is 3. The maximum atomic E-state index is 12.6. The minimum atomic E-state index is -4.70. The van der Waals surface area contributed by atoms with Crippen molar-refractivity contribution in [2.75, 3.05) is 0 Å². The molecule has 1 aromatic heterocycles. The maximum Gasteiger partial charge on any atom is 0.431 e. The molecule has 8 heteroatoms. The van der Waals surface area contributed by atoms with Crippen LogP contribution in [0, 0.1) is 6.92 Å². The fourth-order valence-electron chi connectivity index (χ4n) is 2.57. The van der Waals surface area contributed by atoms with Gasteiger partial charge < -0.3 is 15.4 Å². The van der Waals surface area contributed by atoms with Crippen molar-refractivity contribution in [3.63, 3.8) is 0 Å². The predicted molar refractivity (Wildman–Crippen MR) is 94.4 cm³/mol. The number of amides is 1. The molecule has 0 aliphatic carbocycles. The Bertz CT molecular complexity index is 845. The van der Waals surface area contributed by atoms with Crippen LogP contribution in [0.15, 0.2) is 41.2 Å². The maximum absolute atomic E-state index is 12.6. The van der Waals surface area contributed by atoms with Gasteiger partial charge >= 0.3 is 6.18 Å². The molecule has 0 fully saturated rings. The van der Waals surface area contributed by atoms with E-state index in [0.717, 1.165) is 17.2 Å². The third-order valence-electron chi connectivity index (χ3n) is 4.22. The number of nitrogens with one attached hydrogen (secondary N) is 2. The quantitative estimate of drug-likeness (QED) is 0.717. The monoisotopic (exact) mass is 382 g/mol. The van der Waals surface area contributed by atoms with Crippen LogP contribution in [0.5, 0.6) is 0 Å². The zero-order chi connectivity index (χ0) is 20.2. The highest BCUT2D eigenvalue weighted by Crippen LogP contribution is 2.26. The summed E-state index contributed by atoms with van der Waals surface area (Å²) in [5, 5.41) is 12.6. The van der Waals surface area contributed by atoms with Crippen molar-refractivity contribution in [2.24, 2.45) is 0 Å². The molecule has 1 heterocycles. The molecule has 0 radical (unpaired) electrons. The van der Waals surface area contributed by atoms with Crippen molar-refractivity contribution < 1.29 is 23.1 Å². The van der Waals surface area contributed by atoms with Gasteiger partial charge in [0.05, 0.1) is 12.1 Å². The van der Waals surface area contributed by atoms with Gasteiger partial charge in [-0.1, -0.05) is 36.8 Å².